The molecule has 1 atom stereocenters. The first-order valence-electron chi connectivity index (χ1n) is 8.32. The summed E-state index contributed by atoms with van der Waals surface area (Å²) in [6.45, 7) is 11.0. The van der Waals surface area contributed by atoms with Gasteiger partial charge in [0.2, 0.25) is 0 Å². The lowest BCUT2D eigenvalue weighted by molar-refractivity contribution is 0.163. The van der Waals surface area contributed by atoms with Crippen LogP contribution in [0, 0.1) is 5.41 Å². The summed E-state index contributed by atoms with van der Waals surface area (Å²) in [6, 6.07) is 4.16. The molecule has 0 bridgehead atoms. The van der Waals surface area contributed by atoms with Gasteiger partial charge in [0.25, 0.3) is 0 Å². The van der Waals surface area contributed by atoms with E-state index in [2.05, 4.69) is 39.1 Å². The van der Waals surface area contributed by atoms with Crippen LogP contribution in [0.3, 0.4) is 0 Å². The largest absolute Gasteiger partial charge is 0.486 e. The van der Waals surface area contributed by atoms with E-state index in [9.17, 15) is 4.79 Å². The Balaban J connectivity index is 1.77. The zero-order valence-corrected chi connectivity index (χ0v) is 14.4. The Morgan fingerprint density at radius 3 is 2.57 bits per heavy atom. The van der Waals surface area contributed by atoms with Gasteiger partial charge in [-0.2, -0.15) is 0 Å². The van der Waals surface area contributed by atoms with E-state index in [1.54, 1.807) is 0 Å². The molecule has 126 valence electrons. The second-order valence-corrected chi connectivity index (χ2v) is 7.53. The summed E-state index contributed by atoms with van der Waals surface area (Å²) in [4.78, 5) is 14.4. The number of nitrogens with one attached hydrogen (secondary N) is 1. The lowest BCUT2D eigenvalue weighted by Crippen LogP contribution is -2.46. The number of hydrogen-bond acceptors (Lipinski definition) is 3. The number of fused-ring (bicyclic) bond motifs is 2. The van der Waals surface area contributed by atoms with Crippen LogP contribution in [0.2, 0.25) is 0 Å². The first-order valence-corrected chi connectivity index (χ1v) is 8.32. The summed E-state index contributed by atoms with van der Waals surface area (Å²) in [6.07, 6.45) is 0.846. The number of rotatable bonds is 1. The van der Waals surface area contributed by atoms with Gasteiger partial charge in [-0.3, -0.25) is 0 Å². The Hall–Kier alpha value is -1.91. The highest BCUT2D eigenvalue weighted by atomic mass is 16.6. The quantitative estimate of drug-likeness (QED) is 0.865. The highest BCUT2D eigenvalue weighted by Crippen LogP contribution is 2.39. The van der Waals surface area contributed by atoms with Gasteiger partial charge in [-0.25, -0.2) is 4.79 Å². The fraction of sp³-hybridized carbons (Fsp3) is 0.611. The lowest BCUT2D eigenvalue weighted by atomic mass is 9.93. The Kier molecular flexibility index (Phi) is 4.13. The molecule has 0 fully saturated rings. The second kappa shape index (κ2) is 5.95. The molecular formula is C18H26N2O3. The molecule has 23 heavy (non-hydrogen) atoms. The molecule has 0 aromatic heterocycles. The van der Waals surface area contributed by atoms with Crippen molar-refractivity contribution in [1.82, 2.24) is 10.2 Å². The third-order valence-corrected chi connectivity index (χ3v) is 4.37. The van der Waals surface area contributed by atoms with Gasteiger partial charge in [-0.05, 0) is 42.0 Å². The van der Waals surface area contributed by atoms with Crippen LogP contribution in [0.1, 0.15) is 44.9 Å². The van der Waals surface area contributed by atoms with E-state index in [-0.39, 0.29) is 17.5 Å². The maximum Gasteiger partial charge on any atom is 0.317 e. The van der Waals surface area contributed by atoms with Crippen LogP contribution in [0.25, 0.3) is 0 Å². The van der Waals surface area contributed by atoms with Crippen molar-refractivity contribution in [3.63, 3.8) is 0 Å². The summed E-state index contributed by atoms with van der Waals surface area (Å²) in [5.74, 6) is 1.62. The van der Waals surface area contributed by atoms with Crippen molar-refractivity contribution in [1.29, 1.82) is 0 Å². The molecular weight excluding hydrogens is 292 g/mol. The van der Waals surface area contributed by atoms with Gasteiger partial charge in [0.1, 0.15) is 13.2 Å². The molecule has 2 heterocycles. The Labute approximate surface area is 137 Å². The Morgan fingerprint density at radius 2 is 1.91 bits per heavy atom. The number of amides is 2. The summed E-state index contributed by atoms with van der Waals surface area (Å²) < 4.78 is 11.3. The molecule has 1 aromatic carbocycles. The number of urea groups is 1. The van der Waals surface area contributed by atoms with Crippen molar-refractivity contribution in [3.05, 3.63) is 23.3 Å². The number of carbonyl (C=O) groups excluding carboxylic acids is 1. The molecule has 5 nitrogen and oxygen atoms in total. The molecule has 1 aromatic rings. The number of nitrogens with zero attached hydrogens (tertiary/aromatic N) is 1. The summed E-state index contributed by atoms with van der Waals surface area (Å²) in [5, 5.41) is 3.05. The fourth-order valence-electron chi connectivity index (χ4n) is 3.07. The smallest absolute Gasteiger partial charge is 0.317 e. The zero-order valence-electron chi connectivity index (χ0n) is 14.4. The molecule has 3 rings (SSSR count). The van der Waals surface area contributed by atoms with Crippen LogP contribution in [-0.2, 0) is 6.42 Å². The predicted molar refractivity (Wildman–Crippen MR) is 89.1 cm³/mol. The third kappa shape index (κ3) is 3.38. The van der Waals surface area contributed by atoms with Crippen molar-refractivity contribution in [2.45, 2.75) is 40.2 Å². The lowest BCUT2D eigenvalue weighted by Gasteiger charge is -2.36. The molecule has 0 saturated carbocycles. The molecule has 1 unspecified atom stereocenters. The zero-order chi connectivity index (χ0) is 16.6. The van der Waals surface area contributed by atoms with Crippen LogP contribution in [-0.4, -0.2) is 37.2 Å². The second-order valence-electron chi connectivity index (χ2n) is 7.53. The predicted octanol–water partition coefficient (Wildman–Crippen LogP) is 3.13. The van der Waals surface area contributed by atoms with Gasteiger partial charge < -0.3 is 19.7 Å². The van der Waals surface area contributed by atoms with E-state index < -0.39 is 0 Å². The average Bonchev–Trinajstić information content (AvgIpc) is 2.51. The molecule has 2 aliphatic rings. The van der Waals surface area contributed by atoms with Crippen LogP contribution in [0.5, 0.6) is 11.5 Å². The van der Waals surface area contributed by atoms with Crippen molar-refractivity contribution >= 4 is 6.03 Å². The van der Waals surface area contributed by atoms with Crippen LogP contribution in [0.4, 0.5) is 4.79 Å². The molecule has 0 spiro atoms. The topological polar surface area (TPSA) is 50.8 Å². The van der Waals surface area contributed by atoms with Crippen LogP contribution in [0.15, 0.2) is 12.1 Å². The average molecular weight is 318 g/mol. The Bertz CT molecular complexity index is 607. The van der Waals surface area contributed by atoms with Crippen molar-refractivity contribution < 1.29 is 14.3 Å². The normalized spacial score (nSPS) is 20.0. The van der Waals surface area contributed by atoms with E-state index in [1.807, 2.05) is 11.0 Å². The summed E-state index contributed by atoms with van der Waals surface area (Å²) in [5.41, 5.74) is 2.49. The molecule has 0 aliphatic carbocycles. The molecule has 0 radical (unpaired) electrons. The highest BCUT2D eigenvalue weighted by Gasteiger charge is 2.30. The minimum atomic E-state index is 0.00737. The van der Waals surface area contributed by atoms with Crippen LogP contribution < -0.4 is 14.8 Å². The van der Waals surface area contributed by atoms with Crippen molar-refractivity contribution in [2.24, 2.45) is 5.41 Å². The number of carbonyl (C=O) groups is 1. The van der Waals surface area contributed by atoms with Gasteiger partial charge >= 0.3 is 6.03 Å². The Morgan fingerprint density at radius 1 is 1.26 bits per heavy atom. The summed E-state index contributed by atoms with van der Waals surface area (Å²) >= 11 is 0. The van der Waals surface area contributed by atoms with E-state index in [0.717, 1.165) is 30.0 Å². The summed E-state index contributed by atoms with van der Waals surface area (Å²) in [7, 11) is 0. The van der Waals surface area contributed by atoms with Crippen molar-refractivity contribution in [2.75, 3.05) is 26.3 Å². The van der Waals surface area contributed by atoms with Crippen LogP contribution >= 0.6 is 0 Å². The maximum atomic E-state index is 12.5. The molecule has 1 N–H and O–H groups in total. The minimum Gasteiger partial charge on any atom is -0.486 e. The molecule has 2 aliphatic heterocycles. The van der Waals surface area contributed by atoms with E-state index in [0.29, 0.717) is 19.8 Å². The molecule has 0 saturated heterocycles. The fourth-order valence-corrected chi connectivity index (χ4v) is 3.07. The number of benzene rings is 1. The van der Waals surface area contributed by atoms with Gasteiger partial charge in [-0.15, -0.1) is 0 Å². The van der Waals surface area contributed by atoms with E-state index >= 15 is 0 Å². The first kappa shape index (κ1) is 16.0. The standard InChI is InChI=1S/C18H26N2O3/c1-12-14-10-16-15(22-7-8-23-16)9-13(14)5-6-20(12)17(21)19-11-18(2,3)4/h9-10,12H,5-8,11H2,1-4H3,(H,19,21). The van der Waals surface area contributed by atoms with Gasteiger partial charge in [0.15, 0.2) is 11.5 Å². The van der Waals surface area contributed by atoms with E-state index in [4.69, 9.17) is 9.47 Å². The number of hydrogen-bond donors (Lipinski definition) is 1. The molecule has 2 amide bonds. The SMILES string of the molecule is CC1c2cc3c(cc2CCN1C(=O)NCC(C)(C)C)OCCO3. The third-order valence-electron chi connectivity index (χ3n) is 4.37. The van der Waals surface area contributed by atoms with Crippen molar-refractivity contribution in [3.8, 4) is 11.5 Å². The van der Waals surface area contributed by atoms with E-state index in [1.165, 1.54) is 5.56 Å². The maximum absolute atomic E-state index is 12.5. The van der Waals surface area contributed by atoms with Gasteiger partial charge in [0, 0.05) is 13.1 Å². The number of ether oxygens (including phenoxy) is 2. The van der Waals surface area contributed by atoms with Gasteiger partial charge in [0.05, 0.1) is 6.04 Å². The van der Waals surface area contributed by atoms with Gasteiger partial charge in [-0.1, -0.05) is 20.8 Å². The first-order chi connectivity index (χ1) is 10.8. The monoisotopic (exact) mass is 318 g/mol. The molecule has 5 heteroatoms. The highest BCUT2D eigenvalue weighted by molar-refractivity contribution is 5.75. The minimum absolute atomic E-state index is 0.00737.